The minimum atomic E-state index is -0.956. The topological polar surface area (TPSA) is 114 Å². The number of anilines is 1. The number of ether oxygens (including phenoxy) is 2. The number of rotatable bonds is 8. The number of imide groups is 1. The molecule has 0 aromatic heterocycles. The predicted octanol–water partition coefficient (Wildman–Crippen LogP) is 1.29. The molecule has 1 aliphatic heterocycles. The highest BCUT2D eigenvalue weighted by Crippen LogP contribution is 2.42. The van der Waals surface area contributed by atoms with Crippen molar-refractivity contribution in [1.29, 1.82) is 0 Å². The largest absolute Gasteiger partial charge is 0.494 e. The average molecular weight is 389 g/mol. The van der Waals surface area contributed by atoms with Gasteiger partial charge >= 0.3 is 12.0 Å². The molecule has 1 aromatic carbocycles. The maximum atomic E-state index is 12.5. The van der Waals surface area contributed by atoms with E-state index in [1.54, 1.807) is 31.2 Å². The SMILES string of the molecule is CCOc1ccc(NC(=O)COC(=O)CN2C(=O)N[C@@](C)(C3CC3)C2=O)cc1. The van der Waals surface area contributed by atoms with E-state index >= 15 is 0 Å². The summed E-state index contributed by atoms with van der Waals surface area (Å²) < 4.78 is 10.2. The molecule has 28 heavy (non-hydrogen) atoms. The Hall–Kier alpha value is -3.10. The second-order valence-electron chi connectivity index (χ2n) is 6.96. The number of carbonyl (C=O) groups excluding carboxylic acids is 4. The summed E-state index contributed by atoms with van der Waals surface area (Å²) in [5.74, 6) is -1.01. The third kappa shape index (κ3) is 4.24. The van der Waals surface area contributed by atoms with Crippen molar-refractivity contribution in [2.45, 2.75) is 32.2 Å². The Kier molecular flexibility index (Phi) is 5.53. The predicted molar refractivity (Wildman–Crippen MR) is 98.6 cm³/mol. The first kappa shape index (κ1) is 19.7. The van der Waals surface area contributed by atoms with Gasteiger partial charge in [0.1, 0.15) is 17.8 Å². The molecule has 1 aliphatic carbocycles. The Morgan fingerprint density at radius 3 is 2.54 bits per heavy atom. The highest BCUT2D eigenvalue weighted by Gasteiger charge is 2.56. The molecule has 0 spiro atoms. The third-order valence-electron chi connectivity index (χ3n) is 4.80. The normalized spacial score (nSPS) is 21.3. The summed E-state index contributed by atoms with van der Waals surface area (Å²) in [6.45, 7) is 3.04. The molecule has 9 heteroatoms. The number of nitrogens with one attached hydrogen (secondary N) is 2. The summed E-state index contributed by atoms with van der Waals surface area (Å²) in [7, 11) is 0. The van der Waals surface area contributed by atoms with Crippen molar-refractivity contribution < 1.29 is 28.7 Å². The highest BCUT2D eigenvalue weighted by molar-refractivity contribution is 6.09. The number of hydrogen-bond acceptors (Lipinski definition) is 6. The van der Waals surface area contributed by atoms with Crippen LogP contribution in [0.25, 0.3) is 0 Å². The molecular formula is C19H23N3O6. The van der Waals surface area contributed by atoms with Crippen molar-refractivity contribution in [3.63, 3.8) is 0 Å². The molecule has 0 radical (unpaired) electrons. The molecule has 0 bridgehead atoms. The molecule has 1 saturated carbocycles. The molecule has 0 unspecified atom stereocenters. The quantitative estimate of drug-likeness (QED) is 0.512. The number of carbonyl (C=O) groups is 4. The van der Waals surface area contributed by atoms with Crippen LogP contribution in [0.3, 0.4) is 0 Å². The van der Waals surface area contributed by atoms with Gasteiger partial charge in [0.2, 0.25) is 0 Å². The maximum Gasteiger partial charge on any atom is 0.326 e. The number of benzene rings is 1. The monoisotopic (exact) mass is 389 g/mol. The Morgan fingerprint density at radius 2 is 1.93 bits per heavy atom. The third-order valence-corrected chi connectivity index (χ3v) is 4.80. The van der Waals surface area contributed by atoms with E-state index in [0.717, 1.165) is 17.7 Å². The van der Waals surface area contributed by atoms with Crippen molar-refractivity contribution in [2.75, 3.05) is 25.1 Å². The summed E-state index contributed by atoms with van der Waals surface area (Å²) in [5.41, 5.74) is -0.429. The van der Waals surface area contributed by atoms with E-state index in [1.807, 2.05) is 6.92 Å². The zero-order valence-electron chi connectivity index (χ0n) is 15.8. The standard InChI is InChI=1S/C19H23N3O6/c1-3-27-14-8-6-13(7-9-14)20-15(23)11-28-16(24)10-22-17(25)19(2,12-4-5-12)21-18(22)26/h6-9,12H,3-5,10-11H2,1-2H3,(H,20,23)(H,21,26)/t19-/m0/s1. The Labute approximate surface area is 162 Å². The lowest BCUT2D eigenvalue weighted by Gasteiger charge is -2.20. The van der Waals surface area contributed by atoms with Crippen molar-refractivity contribution in [1.82, 2.24) is 10.2 Å². The van der Waals surface area contributed by atoms with Crippen LogP contribution in [0.15, 0.2) is 24.3 Å². The number of amides is 4. The Morgan fingerprint density at radius 1 is 1.25 bits per heavy atom. The fourth-order valence-electron chi connectivity index (χ4n) is 3.12. The van der Waals surface area contributed by atoms with Gasteiger partial charge in [0, 0.05) is 5.69 Å². The molecule has 2 N–H and O–H groups in total. The maximum absolute atomic E-state index is 12.5. The van der Waals surface area contributed by atoms with Gasteiger partial charge < -0.3 is 20.1 Å². The molecule has 2 aliphatic rings. The van der Waals surface area contributed by atoms with Gasteiger partial charge in [0.25, 0.3) is 11.8 Å². The number of urea groups is 1. The first-order valence-corrected chi connectivity index (χ1v) is 9.16. The summed E-state index contributed by atoms with van der Waals surface area (Å²) >= 11 is 0. The second kappa shape index (κ2) is 7.87. The van der Waals surface area contributed by atoms with Crippen molar-refractivity contribution in [2.24, 2.45) is 5.92 Å². The van der Waals surface area contributed by atoms with Gasteiger partial charge in [0.05, 0.1) is 6.61 Å². The molecular weight excluding hydrogens is 366 g/mol. The van der Waals surface area contributed by atoms with Gasteiger partial charge in [-0.2, -0.15) is 0 Å². The van der Waals surface area contributed by atoms with E-state index in [2.05, 4.69) is 10.6 Å². The lowest BCUT2D eigenvalue weighted by molar-refractivity contribution is -0.150. The van der Waals surface area contributed by atoms with Crippen LogP contribution in [0.5, 0.6) is 5.75 Å². The molecule has 1 aromatic rings. The van der Waals surface area contributed by atoms with Gasteiger partial charge in [0.15, 0.2) is 6.61 Å². The molecule has 4 amide bonds. The number of hydrogen-bond donors (Lipinski definition) is 2. The fraction of sp³-hybridized carbons (Fsp3) is 0.474. The van der Waals surface area contributed by atoms with Crippen molar-refractivity contribution in [3.8, 4) is 5.75 Å². The van der Waals surface area contributed by atoms with Crippen LogP contribution in [0, 0.1) is 5.92 Å². The van der Waals surface area contributed by atoms with Crippen LogP contribution in [-0.4, -0.2) is 54.0 Å². The van der Waals surface area contributed by atoms with E-state index in [1.165, 1.54) is 0 Å². The van der Waals surface area contributed by atoms with Gasteiger partial charge in [-0.25, -0.2) is 4.79 Å². The number of nitrogens with zero attached hydrogens (tertiary/aromatic N) is 1. The van der Waals surface area contributed by atoms with Gasteiger partial charge in [-0.05, 0) is 56.9 Å². The second-order valence-corrected chi connectivity index (χ2v) is 6.96. The van der Waals surface area contributed by atoms with Crippen LogP contribution >= 0.6 is 0 Å². The van der Waals surface area contributed by atoms with E-state index in [-0.39, 0.29) is 5.92 Å². The lowest BCUT2D eigenvalue weighted by atomic mass is 9.96. The summed E-state index contributed by atoms with van der Waals surface area (Å²) in [4.78, 5) is 49.2. The van der Waals surface area contributed by atoms with E-state index in [4.69, 9.17) is 9.47 Å². The minimum absolute atomic E-state index is 0.102. The van der Waals surface area contributed by atoms with E-state index in [0.29, 0.717) is 18.0 Å². The highest BCUT2D eigenvalue weighted by atomic mass is 16.5. The summed E-state index contributed by atoms with van der Waals surface area (Å²) in [6, 6.07) is 6.13. The molecule has 1 saturated heterocycles. The first-order chi connectivity index (χ1) is 13.3. The Bertz CT molecular complexity index is 789. The van der Waals surface area contributed by atoms with Gasteiger partial charge in [-0.15, -0.1) is 0 Å². The molecule has 9 nitrogen and oxygen atoms in total. The van der Waals surface area contributed by atoms with Crippen molar-refractivity contribution >= 4 is 29.5 Å². The van der Waals surface area contributed by atoms with Crippen LogP contribution in [0.2, 0.25) is 0 Å². The van der Waals surface area contributed by atoms with E-state index in [9.17, 15) is 19.2 Å². The summed E-state index contributed by atoms with van der Waals surface area (Å²) in [6.07, 6.45) is 1.74. The molecule has 1 heterocycles. The number of esters is 1. The minimum Gasteiger partial charge on any atom is -0.494 e. The first-order valence-electron chi connectivity index (χ1n) is 9.16. The Balaban J connectivity index is 1.45. The zero-order valence-corrected chi connectivity index (χ0v) is 15.8. The summed E-state index contributed by atoms with van der Waals surface area (Å²) in [5, 5.41) is 5.23. The fourth-order valence-corrected chi connectivity index (χ4v) is 3.12. The average Bonchev–Trinajstić information content (AvgIpc) is 3.48. The van der Waals surface area contributed by atoms with Crippen LogP contribution in [-0.2, 0) is 19.1 Å². The van der Waals surface area contributed by atoms with Crippen LogP contribution in [0.1, 0.15) is 26.7 Å². The molecule has 2 fully saturated rings. The molecule has 3 rings (SSSR count). The van der Waals surface area contributed by atoms with E-state index < -0.39 is 42.5 Å². The van der Waals surface area contributed by atoms with Gasteiger partial charge in [-0.1, -0.05) is 0 Å². The molecule has 1 atom stereocenters. The van der Waals surface area contributed by atoms with Gasteiger partial charge in [-0.3, -0.25) is 19.3 Å². The van der Waals surface area contributed by atoms with Crippen LogP contribution in [0.4, 0.5) is 10.5 Å². The lowest BCUT2D eigenvalue weighted by Crippen LogP contribution is -2.46. The van der Waals surface area contributed by atoms with Crippen LogP contribution < -0.4 is 15.4 Å². The zero-order chi connectivity index (χ0) is 20.3. The molecule has 150 valence electrons. The smallest absolute Gasteiger partial charge is 0.326 e. The van der Waals surface area contributed by atoms with Crippen molar-refractivity contribution in [3.05, 3.63) is 24.3 Å².